The summed E-state index contributed by atoms with van der Waals surface area (Å²) in [6.07, 6.45) is 3.45. The van der Waals surface area contributed by atoms with Gasteiger partial charge in [0, 0.05) is 10.5 Å². The first-order valence-corrected chi connectivity index (χ1v) is 7.27. The van der Waals surface area contributed by atoms with E-state index in [-0.39, 0.29) is 0 Å². The second-order valence-electron chi connectivity index (χ2n) is 5.12. The van der Waals surface area contributed by atoms with Gasteiger partial charge in [0.05, 0.1) is 0 Å². The zero-order valence-electron chi connectivity index (χ0n) is 11.4. The average Bonchev–Trinajstić information content (AvgIpc) is 2.25. The molecule has 0 bridgehead atoms. The lowest BCUT2D eigenvalue weighted by Gasteiger charge is -2.19. The quantitative estimate of drug-likeness (QED) is 0.838. The number of hydrogen-bond acceptors (Lipinski definition) is 1. The van der Waals surface area contributed by atoms with Crippen molar-refractivity contribution in [1.82, 2.24) is 0 Å². The third-order valence-corrected chi connectivity index (χ3v) is 4.20. The number of rotatable bonds is 5. The van der Waals surface area contributed by atoms with Gasteiger partial charge in [-0.05, 0) is 68.7 Å². The predicted molar refractivity (Wildman–Crippen MR) is 79.5 cm³/mol. The van der Waals surface area contributed by atoms with Gasteiger partial charge in [-0.2, -0.15) is 0 Å². The molecule has 1 nitrogen and oxygen atoms in total. The first kappa shape index (κ1) is 14.7. The van der Waals surface area contributed by atoms with Crippen molar-refractivity contribution >= 4 is 15.9 Å². The van der Waals surface area contributed by atoms with Crippen LogP contribution in [0.25, 0.3) is 0 Å². The molecule has 0 fully saturated rings. The summed E-state index contributed by atoms with van der Waals surface area (Å²) < 4.78 is 1.25. The molecule has 0 aliphatic rings. The molecule has 0 aliphatic carbocycles. The lowest BCUT2D eigenvalue weighted by Crippen LogP contribution is -2.16. The molecule has 2 atom stereocenters. The first-order valence-electron chi connectivity index (χ1n) is 6.47. The normalized spacial score (nSPS) is 14.7. The van der Waals surface area contributed by atoms with Crippen LogP contribution in [0, 0.1) is 13.8 Å². The molecule has 0 spiro atoms. The van der Waals surface area contributed by atoms with Crippen LogP contribution in [0.15, 0.2) is 16.6 Å². The van der Waals surface area contributed by atoms with E-state index in [0.29, 0.717) is 12.0 Å². The summed E-state index contributed by atoms with van der Waals surface area (Å²) in [5.41, 5.74) is 10.0. The maximum absolute atomic E-state index is 5.85. The SMILES string of the molecule is CCC(CCC(C)N)c1cc(C)c(C)cc1Br. The standard InChI is InChI=1S/C15H24BrN/c1-5-13(7-6-12(4)17)14-8-10(2)11(3)9-15(14)16/h8-9,12-13H,5-7,17H2,1-4H3. The van der Waals surface area contributed by atoms with Crippen molar-refractivity contribution in [3.63, 3.8) is 0 Å². The molecular weight excluding hydrogens is 274 g/mol. The van der Waals surface area contributed by atoms with Gasteiger partial charge in [0.2, 0.25) is 0 Å². The molecule has 17 heavy (non-hydrogen) atoms. The van der Waals surface area contributed by atoms with Crippen LogP contribution in [0.1, 0.15) is 55.7 Å². The van der Waals surface area contributed by atoms with E-state index in [1.165, 1.54) is 34.0 Å². The lowest BCUT2D eigenvalue weighted by molar-refractivity contribution is 0.531. The Hall–Kier alpha value is -0.340. The summed E-state index contributed by atoms with van der Waals surface area (Å²) in [5, 5.41) is 0. The van der Waals surface area contributed by atoms with Gasteiger partial charge < -0.3 is 5.73 Å². The monoisotopic (exact) mass is 297 g/mol. The number of aryl methyl sites for hydroxylation is 2. The highest BCUT2D eigenvalue weighted by Gasteiger charge is 2.14. The van der Waals surface area contributed by atoms with Gasteiger partial charge in [-0.15, -0.1) is 0 Å². The van der Waals surface area contributed by atoms with E-state index in [4.69, 9.17) is 5.73 Å². The Morgan fingerprint density at radius 3 is 2.29 bits per heavy atom. The van der Waals surface area contributed by atoms with Gasteiger partial charge in [-0.1, -0.05) is 28.9 Å². The van der Waals surface area contributed by atoms with Crippen molar-refractivity contribution in [3.05, 3.63) is 33.3 Å². The van der Waals surface area contributed by atoms with Gasteiger partial charge >= 0.3 is 0 Å². The van der Waals surface area contributed by atoms with Gasteiger partial charge in [0.25, 0.3) is 0 Å². The molecular formula is C15H24BrN. The summed E-state index contributed by atoms with van der Waals surface area (Å²) in [5.74, 6) is 0.620. The summed E-state index contributed by atoms with van der Waals surface area (Å²) in [4.78, 5) is 0. The second kappa shape index (κ2) is 6.55. The lowest BCUT2D eigenvalue weighted by atomic mass is 9.89. The van der Waals surface area contributed by atoms with E-state index in [1.807, 2.05) is 0 Å². The van der Waals surface area contributed by atoms with Crippen molar-refractivity contribution in [3.8, 4) is 0 Å². The topological polar surface area (TPSA) is 26.0 Å². The van der Waals surface area contributed by atoms with Crippen molar-refractivity contribution < 1.29 is 0 Å². The van der Waals surface area contributed by atoms with Crippen molar-refractivity contribution in [1.29, 1.82) is 0 Å². The summed E-state index contributed by atoms with van der Waals surface area (Å²) in [7, 11) is 0. The maximum Gasteiger partial charge on any atom is 0.0212 e. The zero-order chi connectivity index (χ0) is 13.0. The van der Waals surface area contributed by atoms with Crippen molar-refractivity contribution in [2.45, 2.75) is 58.9 Å². The number of hydrogen-bond donors (Lipinski definition) is 1. The highest BCUT2D eigenvalue weighted by molar-refractivity contribution is 9.10. The van der Waals surface area contributed by atoms with E-state index < -0.39 is 0 Å². The Morgan fingerprint density at radius 2 is 1.76 bits per heavy atom. The third kappa shape index (κ3) is 4.11. The molecule has 1 aromatic rings. The molecule has 2 heteroatoms. The minimum Gasteiger partial charge on any atom is -0.328 e. The van der Waals surface area contributed by atoms with Crippen LogP contribution in [0.3, 0.4) is 0 Å². The molecule has 0 saturated heterocycles. The molecule has 0 radical (unpaired) electrons. The van der Waals surface area contributed by atoms with Crippen LogP contribution in [0.2, 0.25) is 0 Å². The molecule has 2 unspecified atom stereocenters. The number of halogens is 1. The Balaban J connectivity index is 2.91. The Labute approximate surface area is 114 Å². The summed E-state index contributed by atoms with van der Waals surface area (Å²) in [6.45, 7) is 8.69. The van der Waals surface area contributed by atoms with Gasteiger partial charge in [-0.3, -0.25) is 0 Å². The molecule has 2 N–H and O–H groups in total. The summed E-state index contributed by atoms with van der Waals surface area (Å²) >= 11 is 3.70. The Morgan fingerprint density at radius 1 is 1.18 bits per heavy atom. The summed E-state index contributed by atoms with van der Waals surface area (Å²) in [6, 6.07) is 4.86. The molecule has 0 heterocycles. The van der Waals surface area contributed by atoms with E-state index in [0.717, 1.165) is 6.42 Å². The molecule has 0 saturated carbocycles. The maximum atomic E-state index is 5.85. The van der Waals surface area contributed by atoms with E-state index in [2.05, 4.69) is 55.8 Å². The average molecular weight is 298 g/mol. The highest BCUT2D eigenvalue weighted by Crippen LogP contribution is 2.33. The van der Waals surface area contributed by atoms with E-state index in [1.54, 1.807) is 0 Å². The van der Waals surface area contributed by atoms with Crippen molar-refractivity contribution in [2.75, 3.05) is 0 Å². The Bertz CT molecular complexity index is 371. The zero-order valence-corrected chi connectivity index (χ0v) is 13.0. The minimum absolute atomic E-state index is 0.300. The molecule has 1 aromatic carbocycles. The van der Waals surface area contributed by atoms with Crippen molar-refractivity contribution in [2.24, 2.45) is 5.73 Å². The molecule has 96 valence electrons. The van der Waals surface area contributed by atoms with Gasteiger partial charge in [-0.25, -0.2) is 0 Å². The number of benzene rings is 1. The van der Waals surface area contributed by atoms with Crippen LogP contribution in [0.4, 0.5) is 0 Å². The first-order chi connectivity index (χ1) is 7.95. The minimum atomic E-state index is 0.300. The predicted octanol–water partition coefficient (Wildman–Crippen LogP) is 4.69. The molecule has 1 rings (SSSR count). The smallest absolute Gasteiger partial charge is 0.0212 e. The van der Waals surface area contributed by atoms with Gasteiger partial charge in [0.1, 0.15) is 0 Å². The van der Waals surface area contributed by atoms with Crippen LogP contribution >= 0.6 is 15.9 Å². The molecule has 0 amide bonds. The van der Waals surface area contributed by atoms with Crippen LogP contribution in [0.5, 0.6) is 0 Å². The fourth-order valence-corrected chi connectivity index (χ4v) is 2.94. The van der Waals surface area contributed by atoms with E-state index >= 15 is 0 Å². The number of nitrogens with two attached hydrogens (primary N) is 1. The Kier molecular flexibility index (Phi) is 5.68. The third-order valence-electron chi connectivity index (χ3n) is 3.52. The second-order valence-corrected chi connectivity index (χ2v) is 5.97. The fraction of sp³-hybridized carbons (Fsp3) is 0.600. The molecule has 0 aliphatic heterocycles. The molecule has 0 aromatic heterocycles. The van der Waals surface area contributed by atoms with E-state index in [9.17, 15) is 0 Å². The van der Waals surface area contributed by atoms with Gasteiger partial charge in [0.15, 0.2) is 0 Å². The van der Waals surface area contributed by atoms with Crippen LogP contribution < -0.4 is 5.73 Å². The van der Waals surface area contributed by atoms with Crippen LogP contribution in [-0.4, -0.2) is 6.04 Å². The highest BCUT2D eigenvalue weighted by atomic mass is 79.9. The largest absolute Gasteiger partial charge is 0.328 e. The van der Waals surface area contributed by atoms with Crippen LogP contribution in [-0.2, 0) is 0 Å². The fourth-order valence-electron chi connectivity index (χ4n) is 2.16.